The molecule has 0 spiro atoms. The fraction of sp³-hybridized carbons (Fsp3) is 0.643. The van der Waals surface area contributed by atoms with Gasteiger partial charge >= 0.3 is 24.4 Å². The van der Waals surface area contributed by atoms with Crippen molar-refractivity contribution < 1.29 is 52.3 Å². The van der Waals surface area contributed by atoms with E-state index in [1.807, 2.05) is 48.5 Å². The second kappa shape index (κ2) is 16.5. The monoisotopic (exact) mass is 569 g/mol. The van der Waals surface area contributed by atoms with Gasteiger partial charge in [0.05, 0.1) is 26.9 Å². The molecule has 0 amide bonds. The molecule has 40 heavy (non-hydrogen) atoms. The summed E-state index contributed by atoms with van der Waals surface area (Å²) >= 11 is 0. The summed E-state index contributed by atoms with van der Waals surface area (Å²) in [7, 11) is 1.25. The number of carbonyl (C=O) groups is 4. The molecule has 12 heteroatoms. The molecule has 0 aliphatic carbocycles. The summed E-state index contributed by atoms with van der Waals surface area (Å²) in [4.78, 5) is 48.5. The number of nitrogens with one attached hydrogen (secondary N) is 1. The van der Waals surface area contributed by atoms with E-state index in [9.17, 15) is 19.2 Å². The van der Waals surface area contributed by atoms with Crippen LogP contribution in [0.4, 0.5) is 14.4 Å². The Bertz CT molecular complexity index is 979. The van der Waals surface area contributed by atoms with Crippen molar-refractivity contribution in [3.63, 3.8) is 0 Å². The second-order valence-corrected chi connectivity index (χ2v) is 11.4. The minimum Gasteiger partial charge on any atom is -0.468 e. The van der Waals surface area contributed by atoms with E-state index >= 15 is 0 Å². The van der Waals surface area contributed by atoms with E-state index < -0.39 is 30.5 Å². The van der Waals surface area contributed by atoms with E-state index in [-0.39, 0.29) is 61.7 Å². The first-order chi connectivity index (χ1) is 18.6. The molecule has 12 nitrogen and oxygen atoms in total. The molecule has 0 bridgehead atoms. The Hall–Kier alpha value is -3.54. The first kappa shape index (κ1) is 34.5. The topological polar surface area (TPSA) is 145 Å². The molecular weight excluding hydrogens is 526 g/mol. The molecule has 226 valence electrons. The van der Waals surface area contributed by atoms with Gasteiger partial charge in [0.1, 0.15) is 12.6 Å². The van der Waals surface area contributed by atoms with E-state index in [4.69, 9.17) is 33.2 Å². The Kier molecular flexibility index (Phi) is 14.3. The van der Waals surface area contributed by atoms with Crippen molar-refractivity contribution in [2.75, 3.05) is 40.1 Å². The lowest BCUT2D eigenvalue weighted by Gasteiger charge is -2.20. The summed E-state index contributed by atoms with van der Waals surface area (Å²) < 4.78 is 35.6. The maximum absolute atomic E-state index is 12.4. The zero-order valence-corrected chi connectivity index (χ0v) is 24.7. The second-order valence-electron chi connectivity index (χ2n) is 11.4. The lowest BCUT2D eigenvalue weighted by atomic mass is 9.99. The highest BCUT2D eigenvalue weighted by atomic mass is 16.7. The molecule has 0 radical (unpaired) electrons. The molecule has 0 heterocycles. The van der Waals surface area contributed by atoms with Crippen molar-refractivity contribution in [1.29, 1.82) is 0 Å². The zero-order valence-electron chi connectivity index (χ0n) is 24.7. The number of ether oxygens (including phenoxy) is 7. The molecule has 0 saturated carbocycles. The van der Waals surface area contributed by atoms with Crippen LogP contribution < -0.4 is 14.8 Å². The maximum atomic E-state index is 12.4. The summed E-state index contributed by atoms with van der Waals surface area (Å²) in [6.07, 6.45) is -1.98. The molecule has 0 unspecified atom stereocenters. The Morgan fingerprint density at radius 3 is 1.85 bits per heavy atom. The number of esters is 1. The Labute approximate surface area is 235 Å². The van der Waals surface area contributed by atoms with Gasteiger partial charge in [-0.05, 0) is 41.4 Å². The molecule has 0 aliphatic heterocycles. The van der Waals surface area contributed by atoms with Gasteiger partial charge in [-0.1, -0.05) is 54.5 Å². The summed E-state index contributed by atoms with van der Waals surface area (Å²) in [5, 5.41) is 2.96. The lowest BCUT2D eigenvalue weighted by Crippen LogP contribution is -2.41. The van der Waals surface area contributed by atoms with Gasteiger partial charge in [-0.2, -0.15) is 0 Å². The SMILES string of the molecule is CCCOC(=O)OCCN[C@@H](Cc1ccc(OC(=O)OCC(C)(C)C)c(OC(=O)OCC(C)(C)C)c1)C(=O)OC. The number of carbonyl (C=O) groups excluding carboxylic acids is 4. The van der Waals surface area contributed by atoms with Crippen molar-refractivity contribution in [2.24, 2.45) is 10.8 Å². The third-order valence-electron chi connectivity index (χ3n) is 4.70. The largest absolute Gasteiger partial charge is 0.513 e. The van der Waals surface area contributed by atoms with Crippen LogP contribution in [-0.2, 0) is 34.9 Å². The van der Waals surface area contributed by atoms with Gasteiger partial charge in [0.25, 0.3) is 0 Å². The highest BCUT2D eigenvalue weighted by molar-refractivity contribution is 5.76. The Balaban J connectivity index is 3.02. The molecule has 0 saturated heterocycles. The van der Waals surface area contributed by atoms with Gasteiger partial charge < -0.3 is 38.5 Å². The molecule has 0 fully saturated rings. The number of methoxy groups -OCH3 is 1. The predicted molar refractivity (Wildman–Crippen MR) is 144 cm³/mol. The van der Waals surface area contributed by atoms with Crippen molar-refractivity contribution >= 4 is 24.4 Å². The molecule has 1 rings (SSSR count). The smallest absolute Gasteiger partial charge is 0.468 e. The quantitative estimate of drug-likeness (QED) is 0.147. The first-order valence-electron chi connectivity index (χ1n) is 13.1. The van der Waals surface area contributed by atoms with Crippen LogP contribution in [0.25, 0.3) is 0 Å². The van der Waals surface area contributed by atoms with E-state index in [0.717, 1.165) is 0 Å². The van der Waals surface area contributed by atoms with Crippen LogP contribution in [0.15, 0.2) is 18.2 Å². The van der Waals surface area contributed by atoms with Crippen LogP contribution >= 0.6 is 0 Å². The molecule has 0 aliphatic rings. The molecule has 1 N–H and O–H groups in total. The first-order valence-corrected chi connectivity index (χ1v) is 13.1. The van der Waals surface area contributed by atoms with Gasteiger partial charge in [0.2, 0.25) is 0 Å². The minimum absolute atomic E-state index is 0.0343. The Morgan fingerprint density at radius 2 is 1.32 bits per heavy atom. The van der Waals surface area contributed by atoms with Gasteiger partial charge in [0.15, 0.2) is 11.5 Å². The van der Waals surface area contributed by atoms with E-state index in [2.05, 4.69) is 5.32 Å². The zero-order chi connectivity index (χ0) is 30.3. The van der Waals surface area contributed by atoms with Crippen LogP contribution in [0.2, 0.25) is 0 Å². The number of hydrogen-bond donors (Lipinski definition) is 1. The molecular formula is C28H43NO11. The van der Waals surface area contributed by atoms with Gasteiger partial charge in [-0.25, -0.2) is 14.4 Å². The molecule has 0 aromatic heterocycles. The third-order valence-corrected chi connectivity index (χ3v) is 4.70. The van der Waals surface area contributed by atoms with Gasteiger partial charge in [-0.15, -0.1) is 0 Å². The molecule has 1 aromatic rings. The van der Waals surface area contributed by atoms with Crippen LogP contribution in [0.3, 0.4) is 0 Å². The molecule has 1 atom stereocenters. The van der Waals surface area contributed by atoms with Crippen LogP contribution in [-0.4, -0.2) is 70.6 Å². The van der Waals surface area contributed by atoms with E-state index in [1.165, 1.54) is 19.2 Å². The average Bonchev–Trinajstić information content (AvgIpc) is 2.86. The predicted octanol–water partition coefficient (Wildman–Crippen LogP) is 5.05. The van der Waals surface area contributed by atoms with Crippen LogP contribution in [0, 0.1) is 10.8 Å². The number of rotatable bonds is 13. The Morgan fingerprint density at radius 1 is 0.775 bits per heavy atom. The highest BCUT2D eigenvalue weighted by Crippen LogP contribution is 2.30. The summed E-state index contributed by atoms with van der Waals surface area (Å²) in [5.74, 6) is -0.738. The standard InChI is InChI=1S/C28H43NO11/c1-9-13-35-24(31)36-14-12-29-20(23(30)34-8)15-19-10-11-21(39-25(32)37-17-27(2,3)4)22(16-19)40-26(33)38-18-28(5,6)7/h10-11,16,20,29H,9,12-15,17-18H2,1-8H3/t20-/m0/s1. The fourth-order valence-corrected chi connectivity index (χ4v) is 2.84. The number of hydrogen-bond acceptors (Lipinski definition) is 12. The number of benzene rings is 1. The summed E-state index contributed by atoms with van der Waals surface area (Å²) in [6.45, 7) is 13.8. The normalized spacial score (nSPS) is 12.1. The fourth-order valence-electron chi connectivity index (χ4n) is 2.84. The van der Waals surface area contributed by atoms with E-state index in [0.29, 0.717) is 12.0 Å². The third kappa shape index (κ3) is 15.2. The van der Waals surface area contributed by atoms with Crippen LogP contribution in [0.5, 0.6) is 11.5 Å². The van der Waals surface area contributed by atoms with Gasteiger partial charge in [0, 0.05) is 6.54 Å². The van der Waals surface area contributed by atoms with Crippen LogP contribution in [0.1, 0.15) is 60.5 Å². The van der Waals surface area contributed by atoms with Crippen molar-refractivity contribution in [1.82, 2.24) is 5.32 Å². The van der Waals surface area contributed by atoms with E-state index in [1.54, 1.807) is 6.07 Å². The lowest BCUT2D eigenvalue weighted by molar-refractivity contribution is -0.143. The summed E-state index contributed by atoms with van der Waals surface area (Å²) in [6, 6.07) is 3.63. The molecule has 1 aromatic carbocycles. The highest BCUT2D eigenvalue weighted by Gasteiger charge is 2.23. The maximum Gasteiger partial charge on any atom is 0.513 e. The minimum atomic E-state index is -0.991. The van der Waals surface area contributed by atoms with Gasteiger partial charge in [-0.3, -0.25) is 4.79 Å². The van der Waals surface area contributed by atoms with Crippen molar-refractivity contribution in [3.05, 3.63) is 23.8 Å². The van der Waals surface area contributed by atoms with Crippen molar-refractivity contribution in [3.8, 4) is 11.5 Å². The summed E-state index contributed by atoms with van der Waals surface area (Å²) in [5.41, 5.74) is -0.0390. The average molecular weight is 570 g/mol. The van der Waals surface area contributed by atoms with Crippen molar-refractivity contribution in [2.45, 2.75) is 67.3 Å².